The van der Waals surface area contributed by atoms with Crippen molar-refractivity contribution in [2.75, 3.05) is 5.32 Å². The van der Waals surface area contributed by atoms with E-state index in [4.69, 9.17) is 21.7 Å². The van der Waals surface area contributed by atoms with Crippen molar-refractivity contribution in [3.05, 3.63) is 58.9 Å². The van der Waals surface area contributed by atoms with Crippen molar-refractivity contribution in [1.29, 1.82) is 0 Å². The van der Waals surface area contributed by atoms with Crippen molar-refractivity contribution in [2.24, 2.45) is 0 Å². The van der Waals surface area contributed by atoms with E-state index in [1.807, 2.05) is 17.7 Å². The third-order valence-electron chi connectivity index (χ3n) is 5.19. The summed E-state index contributed by atoms with van der Waals surface area (Å²) in [7, 11) is 0. The summed E-state index contributed by atoms with van der Waals surface area (Å²) in [6.07, 6.45) is 2.95. The highest BCUT2D eigenvalue weighted by atomic mass is 35.5. The zero-order valence-corrected chi connectivity index (χ0v) is 19.8. The Morgan fingerprint density at radius 2 is 1.97 bits per heavy atom. The minimum Gasteiger partial charge on any atom is -0.320 e. The maximum absolute atomic E-state index is 13.6. The van der Waals surface area contributed by atoms with Crippen molar-refractivity contribution < 1.29 is 4.79 Å². The molecule has 4 rings (SSSR count). The predicted molar refractivity (Wildman–Crippen MR) is 126 cm³/mol. The molecule has 1 amide bonds. The molecule has 0 saturated heterocycles. The molecule has 0 atom stereocenters. The van der Waals surface area contributed by atoms with Gasteiger partial charge in [0.2, 0.25) is 0 Å². The summed E-state index contributed by atoms with van der Waals surface area (Å²) < 4.78 is 3.42. The van der Waals surface area contributed by atoms with E-state index in [0.29, 0.717) is 27.6 Å². The van der Waals surface area contributed by atoms with Gasteiger partial charge in [0.15, 0.2) is 5.65 Å². The molecule has 0 aliphatic carbocycles. The van der Waals surface area contributed by atoms with Crippen LogP contribution in [0.5, 0.6) is 0 Å². The highest BCUT2D eigenvalue weighted by molar-refractivity contribution is 6.33. The number of aromatic nitrogens is 6. The minimum atomic E-state index is -0.282. The number of nitrogens with one attached hydrogen (secondary N) is 1. The van der Waals surface area contributed by atoms with Crippen LogP contribution < -0.4 is 5.32 Å². The first kappa shape index (κ1) is 22.0. The lowest BCUT2D eigenvalue weighted by molar-refractivity contribution is 0.102. The Kier molecular flexibility index (Phi) is 5.50. The molecule has 0 saturated carbocycles. The molecular formula is C23H26ClN7O. The van der Waals surface area contributed by atoms with Gasteiger partial charge in [-0.25, -0.2) is 19.3 Å². The number of pyridine rings is 1. The van der Waals surface area contributed by atoms with Crippen LogP contribution in [0.15, 0.2) is 36.9 Å². The molecule has 0 aliphatic rings. The van der Waals surface area contributed by atoms with Gasteiger partial charge in [-0.2, -0.15) is 10.2 Å². The number of anilines is 1. The van der Waals surface area contributed by atoms with E-state index in [2.05, 4.69) is 50.0 Å². The summed E-state index contributed by atoms with van der Waals surface area (Å²) >= 11 is 6.43. The predicted octanol–water partition coefficient (Wildman–Crippen LogP) is 5.10. The van der Waals surface area contributed by atoms with E-state index >= 15 is 0 Å². The van der Waals surface area contributed by atoms with Gasteiger partial charge in [-0.15, -0.1) is 0 Å². The number of aryl methyl sites for hydroxylation is 1. The van der Waals surface area contributed by atoms with Crippen LogP contribution in [-0.4, -0.2) is 35.4 Å². The summed E-state index contributed by atoms with van der Waals surface area (Å²) in [4.78, 5) is 22.4. The van der Waals surface area contributed by atoms with Crippen LogP contribution in [0.1, 0.15) is 62.3 Å². The van der Waals surface area contributed by atoms with Gasteiger partial charge in [0.1, 0.15) is 18.3 Å². The highest BCUT2D eigenvalue weighted by Crippen LogP contribution is 2.31. The topological polar surface area (TPSA) is 90.5 Å². The fourth-order valence-electron chi connectivity index (χ4n) is 3.61. The van der Waals surface area contributed by atoms with Crippen LogP contribution in [-0.2, 0) is 5.54 Å². The van der Waals surface area contributed by atoms with Crippen LogP contribution in [0.3, 0.4) is 0 Å². The summed E-state index contributed by atoms with van der Waals surface area (Å²) in [5.74, 6) is -0.119. The molecule has 0 aliphatic heterocycles. The first-order valence-corrected chi connectivity index (χ1v) is 10.8. The second kappa shape index (κ2) is 8.02. The summed E-state index contributed by atoms with van der Waals surface area (Å²) in [5.41, 5.74) is 3.61. The summed E-state index contributed by atoms with van der Waals surface area (Å²) in [6, 6.07) is 7.16. The molecule has 0 spiro atoms. The number of fused-ring (bicyclic) bond motifs is 1. The number of carbonyl (C=O) groups excluding carboxylic acids is 1. The van der Waals surface area contributed by atoms with Crippen LogP contribution >= 0.6 is 11.6 Å². The molecule has 32 heavy (non-hydrogen) atoms. The number of carbonyl (C=O) groups is 1. The minimum absolute atomic E-state index is 0.145. The maximum Gasteiger partial charge on any atom is 0.256 e. The van der Waals surface area contributed by atoms with E-state index in [1.165, 1.54) is 17.3 Å². The van der Waals surface area contributed by atoms with Gasteiger partial charge in [-0.3, -0.25) is 4.79 Å². The lowest BCUT2D eigenvalue weighted by atomic mass is 10.0. The van der Waals surface area contributed by atoms with Crippen LogP contribution in [0.25, 0.3) is 16.7 Å². The van der Waals surface area contributed by atoms with E-state index in [-0.39, 0.29) is 17.4 Å². The van der Waals surface area contributed by atoms with Gasteiger partial charge in [0, 0.05) is 5.69 Å². The number of halogens is 1. The smallest absolute Gasteiger partial charge is 0.256 e. The normalized spacial score (nSPS) is 12.0. The van der Waals surface area contributed by atoms with Crippen LogP contribution in [0.4, 0.5) is 5.69 Å². The largest absolute Gasteiger partial charge is 0.320 e. The molecule has 0 unspecified atom stereocenters. The van der Waals surface area contributed by atoms with Crippen molar-refractivity contribution in [3.63, 3.8) is 0 Å². The van der Waals surface area contributed by atoms with Gasteiger partial charge in [0.25, 0.3) is 5.91 Å². The fourth-order valence-corrected chi connectivity index (χ4v) is 3.87. The molecule has 0 fully saturated rings. The Balaban J connectivity index is 1.87. The summed E-state index contributed by atoms with van der Waals surface area (Å²) in [6.45, 7) is 12.2. The molecule has 1 aromatic carbocycles. The molecule has 9 heteroatoms. The Morgan fingerprint density at radius 1 is 1.22 bits per heavy atom. The number of hydrogen-bond acceptors (Lipinski definition) is 5. The van der Waals surface area contributed by atoms with E-state index in [1.54, 1.807) is 18.2 Å². The van der Waals surface area contributed by atoms with E-state index in [0.717, 1.165) is 16.8 Å². The lowest BCUT2D eigenvalue weighted by Gasteiger charge is -2.20. The highest BCUT2D eigenvalue weighted by Gasteiger charge is 2.26. The van der Waals surface area contributed by atoms with Crippen LogP contribution in [0, 0.1) is 6.92 Å². The van der Waals surface area contributed by atoms with Crippen molar-refractivity contribution in [1.82, 2.24) is 29.5 Å². The zero-order valence-electron chi connectivity index (χ0n) is 19.0. The monoisotopic (exact) mass is 451 g/mol. The van der Waals surface area contributed by atoms with Gasteiger partial charge >= 0.3 is 0 Å². The van der Waals surface area contributed by atoms with E-state index in [9.17, 15) is 4.79 Å². The van der Waals surface area contributed by atoms with Crippen molar-refractivity contribution in [3.8, 4) is 5.69 Å². The third kappa shape index (κ3) is 3.86. The number of rotatable bonds is 4. The Hall–Kier alpha value is -3.26. The van der Waals surface area contributed by atoms with Gasteiger partial charge < -0.3 is 5.32 Å². The van der Waals surface area contributed by atoms with E-state index < -0.39 is 0 Å². The number of amides is 1. The van der Waals surface area contributed by atoms with Crippen molar-refractivity contribution in [2.45, 2.75) is 53.0 Å². The Morgan fingerprint density at radius 3 is 2.59 bits per heavy atom. The molecule has 3 heterocycles. The maximum atomic E-state index is 13.6. The Bertz CT molecular complexity index is 1300. The first-order valence-electron chi connectivity index (χ1n) is 10.4. The SMILES string of the molecule is Cc1nn(C(C)(C)C)c2nc(C(C)C)cc(C(=O)Nc3cccc(Cl)c3-n3cncn3)c12. The number of hydrogen-bond donors (Lipinski definition) is 1. The number of nitrogens with zero attached hydrogens (tertiary/aromatic N) is 6. The third-order valence-corrected chi connectivity index (χ3v) is 5.49. The molecule has 4 aromatic rings. The quantitative estimate of drug-likeness (QED) is 0.465. The molecule has 1 N–H and O–H groups in total. The second-order valence-electron chi connectivity index (χ2n) is 9.05. The first-order chi connectivity index (χ1) is 15.1. The fraction of sp³-hybridized carbons (Fsp3) is 0.348. The van der Waals surface area contributed by atoms with Crippen molar-refractivity contribution >= 4 is 34.2 Å². The molecular weight excluding hydrogens is 426 g/mol. The number of benzene rings is 1. The molecule has 166 valence electrons. The van der Waals surface area contributed by atoms with Gasteiger partial charge in [-0.05, 0) is 51.8 Å². The second-order valence-corrected chi connectivity index (χ2v) is 9.45. The van der Waals surface area contributed by atoms with Gasteiger partial charge in [-0.1, -0.05) is 31.5 Å². The molecule has 8 nitrogen and oxygen atoms in total. The standard InChI is InChI=1S/C23H26ClN7O/c1-13(2)18-10-15(19-14(3)29-31(21(19)27-18)23(4,5)6)22(32)28-17-9-7-8-16(24)20(17)30-12-25-11-26-30/h7-13H,1-6H3,(H,28,32). The van der Waals surface area contributed by atoms with Gasteiger partial charge in [0.05, 0.1) is 32.9 Å². The Labute approximate surface area is 191 Å². The lowest BCUT2D eigenvalue weighted by Crippen LogP contribution is -2.24. The summed E-state index contributed by atoms with van der Waals surface area (Å²) in [5, 5.41) is 13.1. The molecule has 3 aromatic heterocycles. The zero-order chi connectivity index (χ0) is 23.2. The average molecular weight is 452 g/mol. The number of para-hydroxylation sites is 1. The average Bonchev–Trinajstić information content (AvgIpc) is 3.35. The molecule has 0 bridgehead atoms. The molecule has 0 radical (unpaired) electrons. The van der Waals surface area contributed by atoms with Crippen LogP contribution in [0.2, 0.25) is 5.02 Å².